The highest BCUT2D eigenvalue weighted by Crippen LogP contribution is 2.27. The molecule has 0 fully saturated rings. The summed E-state index contributed by atoms with van der Waals surface area (Å²) in [6, 6.07) is 0. The van der Waals surface area contributed by atoms with E-state index in [4.69, 9.17) is 0 Å². The van der Waals surface area contributed by atoms with Crippen LogP contribution in [0, 0.1) is 19.8 Å². The lowest BCUT2D eigenvalue weighted by Crippen LogP contribution is -2.29. The van der Waals surface area contributed by atoms with Gasteiger partial charge >= 0.3 is 0 Å². The second kappa shape index (κ2) is 6.83. The number of aryl methyl sites for hydroxylation is 2. The Labute approximate surface area is 138 Å². The zero-order valence-corrected chi connectivity index (χ0v) is 15.2. The maximum absolute atomic E-state index is 12.5. The van der Waals surface area contributed by atoms with Crippen molar-refractivity contribution in [1.82, 2.24) is 14.9 Å². The lowest BCUT2D eigenvalue weighted by Gasteiger charge is -2.09. The van der Waals surface area contributed by atoms with Gasteiger partial charge in [-0.05, 0) is 25.3 Å². The standard InChI is InChI=1S/C15H21N3O2S2/c1-8(2)6-16-11(19)7-21-15-17-13-12(14(20)18(15)5)9(3)10(4)22-13/h8H,6-7H2,1-5H3,(H,16,19). The van der Waals surface area contributed by atoms with Gasteiger partial charge in [-0.25, -0.2) is 4.98 Å². The Morgan fingerprint density at radius 3 is 2.73 bits per heavy atom. The molecule has 7 heteroatoms. The molecule has 0 unspecified atom stereocenters. The molecule has 0 aliphatic rings. The van der Waals surface area contributed by atoms with Crippen LogP contribution in [0.1, 0.15) is 24.3 Å². The highest BCUT2D eigenvalue weighted by atomic mass is 32.2. The van der Waals surface area contributed by atoms with Gasteiger partial charge in [-0.15, -0.1) is 11.3 Å². The van der Waals surface area contributed by atoms with Crippen molar-refractivity contribution in [3.05, 3.63) is 20.8 Å². The van der Waals surface area contributed by atoms with E-state index in [0.717, 1.165) is 15.3 Å². The fourth-order valence-electron chi connectivity index (χ4n) is 1.98. The van der Waals surface area contributed by atoms with E-state index in [1.807, 2.05) is 27.7 Å². The number of rotatable bonds is 5. The first-order valence-electron chi connectivity index (χ1n) is 7.17. The van der Waals surface area contributed by atoms with Gasteiger partial charge in [0, 0.05) is 18.5 Å². The normalized spacial score (nSPS) is 11.4. The topological polar surface area (TPSA) is 64.0 Å². The molecule has 5 nitrogen and oxygen atoms in total. The molecular formula is C15H21N3O2S2. The van der Waals surface area contributed by atoms with Gasteiger partial charge < -0.3 is 5.32 Å². The molecule has 2 heterocycles. The zero-order chi connectivity index (χ0) is 16.4. The monoisotopic (exact) mass is 339 g/mol. The van der Waals surface area contributed by atoms with Crippen molar-refractivity contribution in [1.29, 1.82) is 0 Å². The van der Waals surface area contributed by atoms with Gasteiger partial charge in [0.1, 0.15) is 4.83 Å². The second-order valence-electron chi connectivity index (χ2n) is 5.71. The van der Waals surface area contributed by atoms with Gasteiger partial charge in [-0.3, -0.25) is 14.2 Å². The van der Waals surface area contributed by atoms with E-state index in [1.165, 1.54) is 27.7 Å². The first-order chi connectivity index (χ1) is 10.3. The van der Waals surface area contributed by atoms with Gasteiger partial charge in [-0.2, -0.15) is 0 Å². The highest BCUT2D eigenvalue weighted by Gasteiger charge is 2.15. The number of hydrogen-bond donors (Lipinski definition) is 1. The number of nitrogens with one attached hydrogen (secondary N) is 1. The summed E-state index contributed by atoms with van der Waals surface area (Å²) in [5.41, 5.74) is 0.955. The number of nitrogens with zero attached hydrogens (tertiary/aromatic N) is 2. The third-order valence-electron chi connectivity index (χ3n) is 3.41. The average molecular weight is 339 g/mol. The third kappa shape index (κ3) is 3.52. The van der Waals surface area contributed by atoms with Crippen LogP contribution in [0.4, 0.5) is 0 Å². The van der Waals surface area contributed by atoms with E-state index in [2.05, 4.69) is 10.3 Å². The van der Waals surface area contributed by atoms with Crippen LogP contribution in [0.15, 0.2) is 9.95 Å². The summed E-state index contributed by atoms with van der Waals surface area (Å²) >= 11 is 2.82. The molecule has 0 aliphatic carbocycles. The molecule has 0 saturated carbocycles. The molecule has 1 amide bonds. The first kappa shape index (κ1) is 17.0. The average Bonchev–Trinajstić information content (AvgIpc) is 2.74. The molecule has 0 aliphatic heterocycles. The smallest absolute Gasteiger partial charge is 0.262 e. The predicted molar refractivity (Wildman–Crippen MR) is 92.9 cm³/mol. The highest BCUT2D eigenvalue weighted by molar-refractivity contribution is 7.99. The van der Waals surface area contributed by atoms with E-state index in [1.54, 1.807) is 7.05 Å². The van der Waals surface area contributed by atoms with Gasteiger partial charge in [0.15, 0.2) is 5.16 Å². The van der Waals surface area contributed by atoms with Gasteiger partial charge in [-0.1, -0.05) is 25.6 Å². The summed E-state index contributed by atoms with van der Waals surface area (Å²) < 4.78 is 1.53. The minimum Gasteiger partial charge on any atom is -0.355 e. The summed E-state index contributed by atoms with van der Waals surface area (Å²) in [7, 11) is 1.70. The molecule has 120 valence electrons. The van der Waals surface area contributed by atoms with Crippen molar-refractivity contribution in [2.24, 2.45) is 13.0 Å². The van der Waals surface area contributed by atoms with E-state index in [9.17, 15) is 9.59 Å². The molecule has 2 aromatic heterocycles. The molecule has 22 heavy (non-hydrogen) atoms. The van der Waals surface area contributed by atoms with Crippen molar-refractivity contribution >= 4 is 39.2 Å². The molecule has 0 bridgehead atoms. The molecule has 0 saturated heterocycles. The lowest BCUT2D eigenvalue weighted by atomic mass is 10.2. The number of hydrogen-bond acceptors (Lipinski definition) is 5. The molecule has 0 aromatic carbocycles. The van der Waals surface area contributed by atoms with Gasteiger partial charge in [0.2, 0.25) is 5.91 Å². The molecule has 1 N–H and O–H groups in total. The Morgan fingerprint density at radius 1 is 1.41 bits per heavy atom. The number of fused-ring (bicyclic) bond motifs is 1. The molecule has 2 rings (SSSR count). The SMILES string of the molecule is Cc1sc2nc(SCC(=O)NCC(C)C)n(C)c(=O)c2c1C. The fraction of sp³-hybridized carbons (Fsp3) is 0.533. The number of aromatic nitrogens is 2. The largest absolute Gasteiger partial charge is 0.355 e. The predicted octanol–water partition coefficient (Wildman–Crippen LogP) is 2.48. The molecule has 0 spiro atoms. The quantitative estimate of drug-likeness (QED) is 0.671. The number of carbonyl (C=O) groups excluding carboxylic acids is 1. The van der Waals surface area contributed by atoms with Crippen LogP contribution in [-0.2, 0) is 11.8 Å². The molecule has 0 radical (unpaired) electrons. The summed E-state index contributed by atoms with van der Waals surface area (Å²) in [5, 5.41) is 4.14. The van der Waals surface area contributed by atoms with E-state index >= 15 is 0 Å². The summed E-state index contributed by atoms with van der Waals surface area (Å²) in [4.78, 5) is 30.7. The number of carbonyl (C=O) groups is 1. The Bertz CT molecular complexity index is 762. The fourth-order valence-corrected chi connectivity index (χ4v) is 3.86. The van der Waals surface area contributed by atoms with Crippen molar-refractivity contribution in [3.63, 3.8) is 0 Å². The maximum Gasteiger partial charge on any atom is 0.262 e. The Hall–Kier alpha value is -1.34. The van der Waals surface area contributed by atoms with Gasteiger partial charge in [0.05, 0.1) is 11.1 Å². The third-order valence-corrected chi connectivity index (χ3v) is 5.54. The zero-order valence-electron chi connectivity index (χ0n) is 13.5. The van der Waals surface area contributed by atoms with Crippen molar-refractivity contribution in [2.45, 2.75) is 32.9 Å². The minimum absolute atomic E-state index is 0.0356. The summed E-state index contributed by atoms with van der Waals surface area (Å²) in [6.45, 7) is 8.70. The Morgan fingerprint density at radius 2 is 2.09 bits per heavy atom. The summed E-state index contributed by atoms with van der Waals surface area (Å²) in [5.74, 6) is 0.651. The van der Waals surface area contributed by atoms with Crippen LogP contribution >= 0.6 is 23.1 Å². The molecule has 0 atom stereocenters. The van der Waals surface area contributed by atoms with Crippen LogP contribution in [0.3, 0.4) is 0 Å². The summed E-state index contributed by atoms with van der Waals surface area (Å²) in [6.07, 6.45) is 0. The van der Waals surface area contributed by atoms with Crippen LogP contribution in [0.5, 0.6) is 0 Å². The van der Waals surface area contributed by atoms with E-state index < -0.39 is 0 Å². The van der Waals surface area contributed by atoms with E-state index in [0.29, 0.717) is 23.0 Å². The minimum atomic E-state index is -0.0445. The van der Waals surface area contributed by atoms with Crippen LogP contribution < -0.4 is 10.9 Å². The van der Waals surface area contributed by atoms with Crippen LogP contribution in [-0.4, -0.2) is 27.8 Å². The number of thiophene rings is 1. The molecule has 2 aromatic rings. The maximum atomic E-state index is 12.5. The van der Waals surface area contributed by atoms with Crippen molar-refractivity contribution < 1.29 is 4.79 Å². The number of thioether (sulfide) groups is 1. The second-order valence-corrected chi connectivity index (χ2v) is 7.85. The number of amides is 1. The molecular weight excluding hydrogens is 318 g/mol. The van der Waals surface area contributed by atoms with E-state index in [-0.39, 0.29) is 17.2 Å². The van der Waals surface area contributed by atoms with Crippen molar-refractivity contribution in [2.75, 3.05) is 12.3 Å². The van der Waals surface area contributed by atoms with Crippen molar-refractivity contribution in [3.8, 4) is 0 Å². The van der Waals surface area contributed by atoms with Crippen LogP contribution in [0.25, 0.3) is 10.2 Å². The Kier molecular flexibility index (Phi) is 5.28. The van der Waals surface area contributed by atoms with Gasteiger partial charge in [0.25, 0.3) is 5.56 Å². The lowest BCUT2D eigenvalue weighted by molar-refractivity contribution is -0.118. The van der Waals surface area contributed by atoms with Crippen LogP contribution in [0.2, 0.25) is 0 Å². The first-order valence-corrected chi connectivity index (χ1v) is 8.97. The Balaban J connectivity index is 2.20.